The van der Waals surface area contributed by atoms with E-state index in [1.807, 2.05) is 0 Å². The normalized spacial score (nSPS) is 22.6. The molecule has 0 saturated carbocycles. The molecule has 3 N–H and O–H groups in total. The standard InChI is InChI=1S/C15H22FN3O/c1-9-4-12(5-10(2)14(9)16)7-19-15(20)13-8-17-11(3)6-18-13/h4-5,11,13,17-18H,6-8H2,1-3H3,(H,19,20). The smallest absolute Gasteiger partial charge is 0.238 e. The lowest BCUT2D eigenvalue weighted by molar-refractivity contribution is -0.123. The Morgan fingerprint density at radius 2 is 1.95 bits per heavy atom. The second-order valence-electron chi connectivity index (χ2n) is 5.53. The lowest BCUT2D eigenvalue weighted by atomic mass is 10.1. The molecule has 1 aromatic carbocycles. The summed E-state index contributed by atoms with van der Waals surface area (Å²) >= 11 is 0. The third-order valence-corrected chi connectivity index (χ3v) is 3.62. The molecule has 0 bridgehead atoms. The van der Waals surface area contributed by atoms with Gasteiger partial charge in [0.05, 0.1) is 6.04 Å². The van der Waals surface area contributed by atoms with Gasteiger partial charge < -0.3 is 16.0 Å². The summed E-state index contributed by atoms with van der Waals surface area (Å²) in [4.78, 5) is 12.0. The maximum atomic E-state index is 13.5. The zero-order valence-electron chi connectivity index (χ0n) is 12.2. The summed E-state index contributed by atoms with van der Waals surface area (Å²) in [5.74, 6) is -0.198. The van der Waals surface area contributed by atoms with Crippen molar-refractivity contribution in [3.63, 3.8) is 0 Å². The van der Waals surface area contributed by atoms with E-state index in [0.717, 1.165) is 12.1 Å². The molecular weight excluding hydrogens is 257 g/mol. The third-order valence-electron chi connectivity index (χ3n) is 3.62. The molecule has 0 aromatic heterocycles. The van der Waals surface area contributed by atoms with Gasteiger partial charge in [-0.3, -0.25) is 4.79 Å². The van der Waals surface area contributed by atoms with Crippen LogP contribution in [0.1, 0.15) is 23.6 Å². The van der Waals surface area contributed by atoms with Crippen molar-refractivity contribution in [3.05, 3.63) is 34.6 Å². The summed E-state index contributed by atoms with van der Waals surface area (Å²) in [5, 5.41) is 9.36. The summed E-state index contributed by atoms with van der Waals surface area (Å²) < 4.78 is 13.5. The van der Waals surface area contributed by atoms with Gasteiger partial charge in [0.1, 0.15) is 5.82 Å². The first-order valence-electron chi connectivity index (χ1n) is 6.97. The number of benzene rings is 1. The van der Waals surface area contributed by atoms with Crippen LogP contribution in [0.3, 0.4) is 0 Å². The van der Waals surface area contributed by atoms with Crippen LogP contribution in [0.15, 0.2) is 12.1 Å². The number of carbonyl (C=O) groups excluding carboxylic acids is 1. The zero-order chi connectivity index (χ0) is 14.7. The number of amides is 1. The molecular formula is C15H22FN3O. The van der Waals surface area contributed by atoms with Crippen molar-refractivity contribution in [2.45, 2.75) is 39.4 Å². The van der Waals surface area contributed by atoms with Crippen molar-refractivity contribution < 1.29 is 9.18 Å². The van der Waals surface area contributed by atoms with Gasteiger partial charge in [-0.15, -0.1) is 0 Å². The van der Waals surface area contributed by atoms with Gasteiger partial charge in [0.25, 0.3) is 0 Å². The van der Waals surface area contributed by atoms with Crippen LogP contribution < -0.4 is 16.0 Å². The molecule has 1 heterocycles. The molecule has 1 aliphatic rings. The topological polar surface area (TPSA) is 53.2 Å². The molecule has 110 valence electrons. The Balaban J connectivity index is 1.90. The number of nitrogens with one attached hydrogen (secondary N) is 3. The molecule has 1 aliphatic heterocycles. The Morgan fingerprint density at radius 3 is 2.50 bits per heavy atom. The number of rotatable bonds is 3. The Bertz CT molecular complexity index is 473. The van der Waals surface area contributed by atoms with E-state index in [0.29, 0.717) is 30.3 Å². The second kappa shape index (κ2) is 6.33. The van der Waals surface area contributed by atoms with Crippen LogP contribution in [0.4, 0.5) is 4.39 Å². The first kappa shape index (κ1) is 14.9. The van der Waals surface area contributed by atoms with E-state index >= 15 is 0 Å². The van der Waals surface area contributed by atoms with Gasteiger partial charge in [-0.1, -0.05) is 12.1 Å². The van der Waals surface area contributed by atoms with Crippen molar-refractivity contribution >= 4 is 5.91 Å². The molecule has 4 nitrogen and oxygen atoms in total. The maximum absolute atomic E-state index is 13.5. The van der Waals surface area contributed by atoms with Crippen molar-refractivity contribution in [1.29, 1.82) is 0 Å². The van der Waals surface area contributed by atoms with E-state index in [1.165, 1.54) is 0 Å². The van der Waals surface area contributed by atoms with Gasteiger partial charge in [0.15, 0.2) is 0 Å². The fourth-order valence-corrected chi connectivity index (χ4v) is 2.42. The highest BCUT2D eigenvalue weighted by molar-refractivity contribution is 5.82. The average Bonchev–Trinajstić information content (AvgIpc) is 2.42. The Labute approximate surface area is 119 Å². The van der Waals surface area contributed by atoms with Crippen molar-refractivity contribution in [2.75, 3.05) is 13.1 Å². The summed E-state index contributed by atoms with van der Waals surface area (Å²) in [6, 6.07) is 3.74. The van der Waals surface area contributed by atoms with Gasteiger partial charge >= 0.3 is 0 Å². The molecule has 5 heteroatoms. The van der Waals surface area contributed by atoms with Gasteiger partial charge in [-0.2, -0.15) is 0 Å². The molecule has 2 unspecified atom stereocenters. The van der Waals surface area contributed by atoms with Crippen LogP contribution in [0, 0.1) is 19.7 Å². The van der Waals surface area contributed by atoms with Crippen LogP contribution in [0.5, 0.6) is 0 Å². The van der Waals surface area contributed by atoms with Crippen LogP contribution in [0.2, 0.25) is 0 Å². The van der Waals surface area contributed by atoms with E-state index < -0.39 is 0 Å². The van der Waals surface area contributed by atoms with Crippen LogP contribution in [0.25, 0.3) is 0 Å². The predicted molar refractivity (Wildman–Crippen MR) is 77.0 cm³/mol. The molecule has 1 fully saturated rings. The molecule has 2 rings (SSSR count). The van der Waals surface area contributed by atoms with E-state index in [2.05, 4.69) is 22.9 Å². The van der Waals surface area contributed by atoms with Gasteiger partial charge in [0.2, 0.25) is 5.91 Å². The van der Waals surface area contributed by atoms with Crippen molar-refractivity contribution in [3.8, 4) is 0 Å². The fourth-order valence-electron chi connectivity index (χ4n) is 2.42. The lowest BCUT2D eigenvalue weighted by Crippen LogP contribution is -2.58. The summed E-state index contributed by atoms with van der Waals surface area (Å²) in [6.07, 6.45) is 0. The fraction of sp³-hybridized carbons (Fsp3) is 0.533. The van der Waals surface area contributed by atoms with E-state index in [4.69, 9.17) is 0 Å². The highest BCUT2D eigenvalue weighted by Gasteiger charge is 2.22. The summed E-state index contributed by atoms with van der Waals surface area (Å²) in [6.45, 7) is 7.39. The summed E-state index contributed by atoms with van der Waals surface area (Å²) in [5.41, 5.74) is 2.15. The van der Waals surface area contributed by atoms with Crippen molar-refractivity contribution in [2.24, 2.45) is 0 Å². The molecule has 2 atom stereocenters. The highest BCUT2D eigenvalue weighted by atomic mass is 19.1. The minimum Gasteiger partial charge on any atom is -0.351 e. The average molecular weight is 279 g/mol. The molecule has 1 saturated heterocycles. The SMILES string of the molecule is Cc1cc(CNC(=O)C2CNC(C)CN2)cc(C)c1F. The van der Waals surface area contributed by atoms with Crippen LogP contribution in [-0.2, 0) is 11.3 Å². The minimum absolute atomic E-state index is 0.0240. The van der Waals surface area contributed by atoms with Gasteiger partial charge in [0, 0.05) is 25.7 Å². The zero-order valence-corrected chi connectivity index (χ0v) is 12.2. The summed E-state index contributed by atoms with van der Waals surface area (Å²) in [7, 11) is 0. The van der Waals surface area contributed by atoms with Gasteiger partial charge in [-0.05, 0) is 37.5 Å². The van der Waals surface area contributed by atoms with Crippen molar-refractivity contribution in [1.82, 2.24) is 16.0 Å². The monoisotopic (exact) mass is 279 g/mol. The van der Waals surface area contributed by atoms with Gasteiger partial charge in [-0.25, -0.2) is 4.39 Å². The van der Waals surface area contributed by atoms with E-state index in [1.54, 1.807) is 26.0 Å². The number of aryl methyl sites for hydroxylation is 2. The molecule has 0 radical (unpaired) electrons. The number of hydrogen-bond acceptors (Lipinski definition) is 3. The number of hydrogen-bond donors (Lipinski definition) is 3. The van der Waals surface area contributed by atoms with Crippen LogP contribution in [-0.4, -0.2) is 31.1 Å². The predicted octanol–water partition coefficient (Wildman–Crippen LogP) is 1.01. The third kappa shape index (κ3) is 3.55. The largest absolute Gasteiger partial charge is 0.351 e. The molecule has 1 aromatic rings. The Morgan fingerprint density at radius 1 is 1.30 bits per heavy atom. The minimum atomic E-state index is -0.200. The van der Waals surface area contributed by atoms with E-state index in [9.17, 15) is 9.18 Å². The molecule has 0 aliphatic carbocycles. The first-order chi connectivity index (χ1) is 9.47. The molecule has 20 heavy (non-hydrogen) atoms. The lowest BCUT2D eigenvalue weighted by Gasteiger charge is -2.28. The number of piperazine rings is 1. The van der Waals surface area contributed by atoms with Crippen LogP contribution >= 0.6 is 0 Å². The first-order valence-corrected chi connectivity index (χ1v) is 6.97. The number of halogens is 1. The second-order valence-corrected chi connectivity index (χ2v) is 5.53. The molecule has 0 spiro atoms. The Hall–Kier alpha value is -1.46. The Kier molecular flexibility index (Phi) is 4.73. The van der Waals surface area contributed by atoms with E-state index in [-0.39, 0.29) is 17.8 Å². The quantitative estimate of drug-likeness (QED) is 0.774. The highest BCUT2D eigenvalue weighted by Crippen LogP contribution is 2.14. The number of carbonyl (C=O) groups is 1. The maximum Gasteiger partial charge on any atom is 0.238 e. The molecule has 1 amide bonds.